The van der Waals surface area contributed by atoms with Crippen LogP contribution in [0.4, 0.5) is 5.69 Å². The van der Waals surface area contributed by atoms with Crippen molar-refractivity contribution in [1.29, 1.82) is 0 Å². The van der Waals surface area contributed by atoms with Gasteiger partial charge >= 0.3 is 0 Å². The van der Waals surface area contributed by atoms with Gasteiger partial charge in [-0.15, -0.1) is 0 Å². The summed E-state index contributed by atoms with van der Waals surface area (Å²) in [7, 11) is 0. The standard InChI is InChI=1S/C20H27N3O4/c24-18(12-21-8-4-5-9-21)22-10-11-27-20(14-22)15-23(19(25)13-26-16-20)17-6-2-1-3-7-17/h1-3,6-7H,4-5,8-16H2. The van der Waals surface area contributed by atoms with Gasteiger partial charge in [0.15, 0.2) is 0 Å². The maximum absolute atomic E-state index is 12.8. The van der Waals surface area contributed by atoms with E-state index in [1.54, 1.807) is 4.90 Å². The molecule has 1 aromatic carbocycles. The summed E-state index contributed by atoms with van der Waals surface area (Å²) in [6.45, 7) is 4.72. The van der Waals surface area contributed by atoms with E-state index in [1.807, 2.05) is 35.2 Å². The lowest BCUT2D eigenvalue weighted by molar-refractivity contribution is -0.158. The molecule has 0 bridgehead atoms. The van der Waals surface area contributed by atoms with E-state index in [1.165, 1.54) is 12.8 Å². The predicted octanol–water partition coefficient (Wildman–Crippen LogP) is 0.743. The molecule has 3 aliphatic heterocycles. The normalized spacial score (nSPS) is 27.2. The van der Waals surface area contributed by atoms with Crippen LogP contribution in [0.25, 0.3) is 0 Å². The number of carbonyl (C=O) groups is 2. The highest BCUT2D eigenvalue weighted by molar-refractivity contribution is 5.94. The highest BCUT2D eigenvalue weighted by Crippen LogP contribution is 2.26. The van der Waals surface area contributed by atoms with E-state index in [0.29, 0.717) is 39.4 Å². The number of anilines is 1. The molecule has 3 aliphatic rings. The van der Waals surface area contributed by atoms with Gasteiger partial charge in [0.1, 0.15) is 12.2 Å². The summed E-state index contributed by atoms with van der Waals surface area (Å²) in [5.41, 5.74) is 0.150. The number of benzene rings is 1. The average molecular weight is 373 g/mol. The predicted molar refractivity (Wildman–Crippen MR) is 101 cm³/mol. The molecule has 4 rings (SSSR count). The van der Waals surface area contributed by atoms with E-state index in [9.17, 15) is 9.59 Å². The lowest BCUT2D eigenvalue weighted by Crippen LogP contribution is -2.61. The number of para-hydroxylation sites is 1. The molecule has 2 amide bonds. The monoisotopic (exact) mass is 373 g/mol. The van der Waals surface area contributed by atoms with Gasteiger partial charge in [0.05, 0.1) is 32.8 Å². The molecule has 0 N–H and O–H groups in total. The minimum atomic E-state index is -0.680. The number of rotatable bonds is 3. The van der Waals surface area contributed by atoms with Crippen molar-refractivity contribution in [3.05, 3.63) is 30.3 Å². The molecule has 1 atom stereocenters. The van der Waals surface area contributed by atoms with Crippen molar-refractivity contribution < 1.29 is 19.1 Å². The van der Waals surface area contributed by atoms with Crippen molar-refractivity contribution >= 4 is 17.5 Å². The molecule has 0 radical (unpaired) electrons. The summed E-state index contributed by atoms with van der Waals surface area (Å²) in [5.74, 6) is 0.0589. The van der Waals surface area contributed by atoms with Crippen LogP contribution < -0.4 is 4.90 Å². The lowest BCUT2D eigenvalue weighted by Gasteiger charge is -2.43. The summed E-state index contributed by atoms with van der Waals surface area (Å²) < 4.78 is 11.8. The van der Waals surface area contributed by atoms with Crippen LogP contribution in [0.5, 0.6) is 0 Å². The molecule has 3 fully saturated rings. The van der Waals surface area contributed by atoms with Crippen molar-refractivity contribution in [2.75, 3.05) is 64.0 Å². The van der Waals surface area contributed by atoms with Crippen LogP contribution in [0.2, 0.25) is 0 Å². The second kappa shape index (κ2) is 7.96. The first-order chi connectivity index (χ1) is 13.2. The molecule has 0 aliphatic carbocycles. The summed E-state index contributed by atoms with van der Waals surface area (Å²) in [6, 6.07) is 9.57. The Bertz CT molecular complexity index is 677. The van der Waals surface area contributed by atoms with Crippen LogP contribution in [-0.4, -0.2) is 86.3 Å². The molecule has 27 heavy (non-hydrogen) atoms. The van der Waals surface area contributed by atoms with Gasteiger partial charge in [0.2, 0.25) is 5.91 Å². The number of morpholine rings is 1. The van der Waals surface area contributed by atoms with E-state index < -0.39 is 5.60 Å². The first kappa shape index (κ1) is 18.4. The average Bonchev–Trinajstić information content (AvgIpc) is 3.14. The molecule has 146 valence electrons. The number of ether oxygens (including phenoxy) is 2. The lowest BCUT2D eigenvalue weighted by atomic mass is 10.0. The number of amides is 2. The Hall–Kier alpha value is -1.96. The molecule has 3 heterocycles. The van der Waals surface area contributed by atoms with Gasteiger partial charge < -0.3 is 19.3 Å². The zero-order chi connectivity index (χ0) is 18.7. The van der Waals surface area contributed by atoms with Crippen molar-refractivity contribution in [1.82, 2.24) is 9.80 Å². The first-order valence-corrected chi connectivity index (χ1v) is 9.73. The molecule has 7 nitrogen and oxygen atoms in total. The molecule has 1 unspecified atom stereocenters. The van der Waals surface area contributed by atoms with Gasteiger partial charge in [0, 0.05) is 12.2 Å². The smallest absolute Gasteiger partial charge is 0.253 e. The zero-order valence-corrected chi connectivity index (χ0v) is 15.6. The molecule has 1 aromatic rings. The van der Waals surface area contributed by atoms with Crippen LogP contribution >= 0.6 is 0 Å². The molecular weight excluding hydrogens is 346 g/mol. The SMILES string of the molecule is O=C(CN1CCCC1)N1CCOC2(COCC(=O)N(c3ccccc3)C2)C1. The maximum Gasteiger partial charge on any atom is 0.253 e. The Balaban J connectivity index is 1.48. The van der Waals surface area contributed by atoms with E-state index in [0.717, 1.165) is 18.8 Å². The first-order valence-electron chi connectivity index (χ1n) is 9.73. The Morgan fingerprint density at radius 2 is 1.85 bits per heavy atom. The maximum atomic E-state index is 12.8. The van der Waals surface area contributed by atoms with E-state index in [4.69, 9.17) is 9.47 Å². The van der Waals surface area contributed by atoms with Crippen molar-refractivity contribution in [3.63, 3.8) is 0 Å². The van der Waals surface area contributed by atoms with E-state index >= 15 is 0 Å². The Kier molecular flexibility index (Phi) is 5.43. The Morgan fingerprint density at radius 1 is 1.07 bits per heavy atom. The van der Waals surface area contributed by atoms with Crippen LogP contribution in [0, 0.1) is 0 Å². The van der Waals surface area contributed by atoms with Gasteiger partial charge in [-0.3, -0.25) is 14.5 Å². The molecule has 0 saturated carbocycles. The molecule has 3 saturated heterocycles. The van der Waals surface area contributed by atoms with E-state index in [-0.39, 0.29) is 18.4 Å². The zero-order valence-electron chi connectivity index (χ0n) is 15.6. The molecule has 0 aromatic heterocycles. The van der Waals surface area contributed by atoms with Gasteiger partial charge in [0.25, 0.3) is 5.91 Å². The summed E-state index contributed by atoms with van der Waals surface area (Å²) in [6.07, 6.45) is 2.34. The largest absolute Gasteiger partial charge is 0.368 e. The Labute approximate surface area is 159 Å². The quantitative estimate of drug-likeness (QED) is 0.782. The third-order valence-electron chi connectivity index (χ3n) is 5.56. The van der Waals surface area contributed by atoms with Crippen molar-refractivity contribution in [3.8, 4) is 0 Å². The fraction of sp³-hybridized carbons (Fsp3) is 0.600. The van der Waals surface area contributed by atoms with Crippen LogP contribution in [0.3, 0.4) is 0 Å². The van der Waals surface area contributed by atoms with Crippen molar-refractivity contribution in [2.24, 2.45) is 0 Å². The molecule has 1 spiro atoms. The van der Waals surface area contributed by atoms with Crippen LogP contribution in [0.1, 0.15) is 12.8 Å². The third-order valence-corrected chi connectivity index (χ3v) is 5.56. The number of likely N-dealkylation sites (tertiary alicyclic amines) is 1. The number of hydrogen-bond acceptors (Lipinski definition) is 5. The number of carbonyl (C=O) groups excluding carboxylic acids is 2. The fourth-order valence-electron chi connectivity index (χ4n) is 4.14. The van der Waals surface area contributed by atoms with Gasteiger partial charge in [-0.25, -0.2) is 0 Å². The highest BCUT2D eigenvalue weighted by atomic mass is 16.5. The Morgan fingerprint density at radius 3 is 2.63 bits per heavy atom. The summed E-state index contributed by atoms with van der Waals surface area (Å²) in [5, 5.41) is 0. The van der Waals surface area contributed by atoms with Crippen LogP contribution in [-0.2, 0) is 19.1 Å². The van der Waals surface area contributed by atoms with Crippen molar-refractivity contribution in [2.45, 2.75) is 18.4 Å². The second-order valence-corrected chi connectivity index (χ2v) is 7.64. The second-order valence-electron chi connectivity index (χ2n) is 7.64. The van der Waals surface area contributed by atoms with Gasteiger partial charge in [-0.1, -0.05) is 18.2 Å². The molecule has 7 heteroatoms. The third kappa shape index (κ3) is 4.15. The summed E-state index contributed by atoms with van der Waals surface area (Å²) in [4.78, 5) is 31.2. The van der Waals surface area contributed by atoms with Gasteiger partial charge in [-0.2, -0.15) is 0 Å². The minimum absolute atomic E-state index is 0.0295. The highest BCUT2D eigenvalue weighted by Gasteiger charge is 2.43. The molecular formula is C20H27N3O4. The fourth-order valence-corrected chi connectivity index (χ4v) is 4.14. The minimum Gasteiger partial charge on any atom is -0.368 e. The van der Waals surface area contributed by atoms with E-state index in [2.05, 4.69) is 4.90 Å². The van der Waals surface area contributed by atoms with Crippen LogP contribution in [0.15, 0.2) is 30.3 Å². The number of nitrogens with zero attached hydrogens (tertiary/aromatic N) is 3. The summed E-state index contributed by atoms with van der Waals surface area (Å²) >= 11 is 0. The van der Waals surface area contributed by atoms with Gasteiger partial charge in [-0.05, 0) is 38.1 Å². The topological polar surface area (TPSA) is 62.3 Å². The number of hydrogen-bond donors (Lipinski definition) is 0.